The van der Waals surface area contributed by atoms with Crippen molar-refractivity contribution in [3.05, 3.63) is 70.5 Å². The van der Waals surface area contributed by atoms with Crippen LogP contribution in [0.25, 0.3) is 0 Å². The number of carbonyl (C=O) groups excluding carboxylic acids is 3. The number of hydrogen-bond acceptors (Lipinski definition) is 6. The molecule has 166 valence electrons. The Kier molecular flexibility index (Phi) is 6.77. The molecule has 1 saturated heterocycles. The first-order chi connectivity index (χ1) is 15.5. The maximum absolute atomic E-state index is 12.5. The van der Waals surface area contributed by atoms with Gasteiger partial charge in [0.1, 0.15) is 0 Å². The van der Waals surface area contributed by atoms with Gasteiger partial charge in [-0.15, -0.1) is 11.3 Å². The molecule has 0 spiro atoms. The highest BCUT2D eigenvalue weighted by molar-refractivity contribution is 7.18. The first-order valence-electron chi connectivity index (χ1n) is 10.0. The highest BCUT2D eigenvalue weighted by Gasteiger charge is 2.22. The molecule has 0 saturated carbocycles. The standard InChI is InChI=1S/C22H21ClN4O4S/c23-15-3-1-4-16(13-15)26-8-10-27(11-9-26)20(28)14-24-22(30)18-6-7-19(32-18)25-21(29)17-5-2-12-31-17/h1-7,12-13H,8-11,14H2,(H,24,30)(H,25,29). The number of anilines is 2. The maximum Gasteiger partial charge on any atom is 0.291 e. The number of hydrogen-bond donors (Lipinski definition) is 2. The van der Waals surface area contributed by atoms with Crippen molar-refractivity contribution in [2.75, 3.05) is 42.9 Å². The Morgan fingerprint density at radius 1 is 1.00 bits per heavy atom. The molecule has 3 aromatic rings. The van der Waals surface area contributed by atoms with Crippen molar-refractivity contribution in [2.24, 2.45) is 0 Å². The lowest BCUT2D eigenvalue weighted by atomic mass is 10.2. The molecular weight excluding hydrogens is 452 g/mol. The molecule has 1 aliphatic rings. The zero-order valence-corrected chi connectivity index (χ0v) is 18.6. The molecule has 1 fully saturated rings. The Bertz CT molecular complexity index is 1110. The fraction of sp³-hybridized carbons (Fsp3) is 0.227. The number of furan rings is 1. The summed E-state index contributed by atoms with van der Waals surface area (Å²) >= 11 is 7.18. The molecule has 3 amide bonds. The highest BCUT2D eigenvalue weighted by atomic mass is 35.5. The van der Waals surface area contributed by atoms with Gasteiger partial charge in [-0.25, -0.2) is 0 Å². The largest absolute Gasteiger partial charge is 0.459 e. The summed E-state index contributed by atoms with van der Waals surface area (Å²) in [5.74, 6) is -0.701. The average molecular weight is 473 g/mol. The topological polar surface area (TPSA) is 94.9 Å². The van der Waals surface area contributed by atoms with Crippen LogP contribution in [0.5, 0.6) is 0 Å². The number of benzene rings is 1. The van der Waals surface area contributed by atoms with E-state index in [0.29, 0.717) is 41.1 Å². The van der Waals surface area contributed by atoms with Crippen LogP contribution in [-0.4, -0.2) is 55.3 Å². The van der Waals surface area contributed by atoms with Gasteiger partial charge in [0.2, 0.25) is 5.91 Å². The number of halogens is 1. The number of nitrogens with zero attached hydrogens (tertiary/aromatic N) is 2. The number of thiophene rings is 1. The van der Waals surface area contributed by atoms with Gasteiger partial charge in [0.25, 0.3) is 11.8 Å². The molecule has 10 heteroatoms. The van der Waals surface area contributed by atoms with Crippen LogP contribution in [0.4, 0.5) is 10.7 Å². The molecule has 32 heavy (non-hydrogen) atoms. The summed E-state index contributed by atoms with van der Waals surface area (Å²) in [6.45, 7) is 2.46. The predicted octanol–water partition coefficient (Wildman–Crippen LogP) is 3.33. The molecule has 2 aromatic heterocycles. The second-order valence-corrected chi connectivity index (χ2v) is 8.65. The molecule has 3 heterocycles. The van der Waals surface area contributed by atoms with Gasteiger partial charge in [0, 0.05) is 36.9 Å². The third kappa shape index (κ3) is 5.30. The Hall–Kier alpha value is -3.30. The molecule has 4 rings (SSSR count). The maximum atomic E-state index is 12.5. The van der Waals surface area contributed by atoms with Crippen molar-refractivity contribution in [3.8, 4) is 0 Å². The first kappa shape index (κ1) is 21.9. The molecule has 2 N–H and O–H groups in total. The zero-order chi connectivity index (χ0) is 22.5. The fourth-order valence-corrected chi connectivity index (χ4v) is 4.35. The molecule has 8 nitrogen and oxygen atoms in total. The van der Waals surface area contributed by atoms with Gasteiger partial charge in [-0.3, -0.25) is 14.4 Å². The van der Waals surface area contributed by atoms with Crippen LogP contribution in [0.1, 0.15) is 20.2 Å². The minimum Gasteiger partial charge on any atom is -0.459 e. The average Bonchev–Trinajstić information content (AvgIpc) is 3.50. The second-order valence-electron chi connectivity index (χ2n) is 7.13. The summed E-state index contributed by atoms with van der Waals surface area (Å²) in [5.41, 5.74) is 1.03. The predicted molar refractivity (Wildman–Crippen MR) is 124 cm³/mol. The van der Waals surface area contributed by atoms with E-state index in [1.165, 1.54) is 6.26 Å². The molecule has 0 bridgehead atoms. The quantitative estimate of drug-likeness (QED) is 0.574. The van der Waals surface area contributed by atoms with Crippen molar-refractivity contribution in [1.82, 2.24) is 10.2 Å². The van der Waals surface area contributed by atoms with Crippen LogP contribution >= 0.6 is 22.9 Å². The minimum atomic E-state index is -0.393. The third-order valence-electron chi connectivity index (χ3n) is 5.02. The van der Waals surface area contributed by atoms with Crippen molar-refractivity contribution in [3.63, 3.8) is 0 Å². The fourth-order valence-electron chi connectivity index (χ4n) is 3.35. The second kappa shape index (κ2) is 9.88. The smallest absolute Gasteiger partial charge is 0.291 e. The molecule has 1 aromatic carbocycles. The van der Waals surface area contributed by atoms with Crippen molar-refractivity contribution < 1.29 is 18.8 Å². The molecule has 0 unspecified atom stereocenters. The van der Waals surface area contributed by atoms with Gasteiger partial charge in [0.05, 0.1) is 22.7 Å². The summed E-state index contributed by atoms with van der Waals surface area (Å²) in [5, 5.41) is 6.53. The van der Waals surface area contributed by atoms with Crippen molar-refractivity contribution >= 4 is 51.3 Å². The van der Waals surface area contributed by atoms with Crippen LogP contribution < -0.4 is 15.5 Å². The van der Waals surface area contributed by atoms with Crippen LogP contribution in [0.15, 0.2) is 59.2 Å². The lowest BCUT2D eigenvalue weighted by Gasteiger charge is -2.36. The van der Waals surface area contributed by atoms with E-state index in [2.05, 4.69) is 15.5 Å². The van der Waals surface area contributed by atoms with Crippen LogP contribution in [-0.2, 0) is 4.79 Å². The van der Waals surface area contributed by atoms with Gasteiger partial charge < -0.3 is 24.9 Å². The summed E-state index contributed by atoms with van der Waals surface area (Å²) in [4.78, 5) is 41.3. The first-order valence-corrected chi connectivity index (χ1v) is 11.2. The van der Waals surface area contributed by atoms with E-state index >= 15 is 0 Å². The Balaban J connectivity index is 1.23. The number of amides is 3. The van der Waals surface area contributed by atoms with Crippen LogP contribution in [0.3, 0.4) is 0 Å². The molecule has 0 atom stereocenters. The molecule has 0 radical (unpaired) electrons. The van der Waals surface area contributed by atoms with Crippen LogP contribution in [0, 0.1) is 0 Å². The van der Waals surface area contributed by atoms with Gasteiger partial charge in [-0.2, -0.15) is 0 Å². The normalized spacial score (nSPS) is 13.7. The Morgan fingerprint density at radius 3 is 2.53 bits per heavy atom. The van der Waals surface area contributed by atoms with Gasteiger partial charge >= 0.3 is 0 Å². The SMILES string of the molecule is O=C(Nc1ccc(C(=O)NCC(=O)N2CCN(c3cccc(Cl)c3)CC2)s1)c1ccco1. The number of piperazine rings is 1. The summed E-state index contributed by atoms with van der Waals surface area (Å²) in [7, 11) is 0. The summed E-state index contributed by atoms with van der Waals surface area (Å²) in [6, 6.07) is 14.1. The minimum absolute atomic E-state index is 0.0814. The zero-order valence-electron chi connectivity index (χ0n) is 17.0. The van der Waals surface area contributed by atoms with Crippen molar-refractivity contribution in [2.45, 2.75) is 0 Å². The molecular formula is C22H21ClN4O4S. The van der Waals surface area contributed by atoms with E-state index in [0.717, 1.165) is 17.0 Å². The summed E-state index contributed by atoms with van der Waals surface area (Å²) < 4.78 is 5.04. The monoisotopic (exact) mass is 472 g/mol. The highest BCUT2D eigenvalue weighted by Crippen LogP contribution is 2.23. The van der Waals surface area contributed by atoms with Crippen LogP contribution in [0.2, 0.25) is 5.02 Å². The van der Waals surface area contributed by atoms with E-state index in [1.54, 1.807) is 29.2 Å². The summed E-state index contributed by atoms with van der Waals surface area (Å²) in [6.07, 6.45) is 1.41. The van der Waals surface area contributed by atoms with Crippen molar-refractivity contribution in [1.29, 1.82) is 0 Å². The Morgan fingerprint density at radius 2 is 1.81 bits per heavy atom. The van der Waals surface area contributed by atoms with E-state index in [9.17, 15) is 14.4 Å². The van der Waals surface area contributed by atoms with Gasteiger partial charge in [0.15, 0.2) is 5.76 Å². The number of carbonyl (C=O) groups is 3. The van der Waals surface area contributed by atoms with E-state index < -0.39 is 5.91 Å². The van der Waals surface area contributed by atoms with E-state index in [-0.39, 0.29) is 24.1 Å². The van der Waals surface area contributed by atoms with Gasteiger partial charge in [-0.05, 0) is 42.5 Å². The Labute approximate surface area is 193 Å². The number of rotatable bonds is 6. The molecule has 1 aliphatic heterocycles. The lowest BCUT2D eigenvalue weighted by molar-refractivity contribution is -0.130. The van der Waals surface area contributed by atoms with E-state index in [1.807, 2.05) is 24.3 Å². The molecule has 0 aliphatic carbocycles. The number of nitrogens with one attached hydrogen (secondary N) is 2. The lowest BCUT2D eigenvalue weighted by Crippen LogP contribution is -2.51. The van der Waals surface area contributed by atoms with E-state index in [4.69, 9.17) is 16.0 Å². The van der Waals surface area contributed by atoms with Gasteiger partial charge in [-0.1, -0.05) is 17.7 Å². The third-order valence-corrected chi connectivity index (χ3v) is 6.25.